The van der Waals surface area contributed by atoms with Crippen LogP contribution in [-0.2, 0) is 18.3 Å². The van der Waals surface area contributed by atoms with Crippen LogP contribution in [0.3, 0.4) is 0 Å². The van der Waals surface area contributed by atoms with Crippen molar-refractivity contribution in [1.82, 2.24) is 29.9 Å². The number of piperazine rings is 1. The third-order valence-electron chi connectivity index (χ3n) is 5.09. The highest BCUT2D eigenvalue weighted by atomic mass is 16.5. The van der Waals surface area contributed by atoms with Crippen molar-refractivity contribution in [3.05, 3.63) is 48.4 Å². The Morgan fingerprint density at radius 3 is 2.90 bits per heavy atom. The van der Waals surface area contributed by atoms with Crippen LogP contribution in [0, 0.1) is 0 Å². The maximum absolute atomic E-state index is 12.9. The average Bonchev–Trinajstić information content (AvgIpc) is 3.41. The number of rotatable bonds is 6. The van der Waals surface area contributed by atoms with E-state index in [4.69, 9.17) is 9.26 Å². The van der Waals surface area contributed by atoms with E-state index in [0.29, 0.717) is 37.6 Å². The van der Waals surface area contributed by atoms with E-state index < -0.39 is 0 Å². The fraction of sp³-hybridized carbons (Fsp3) is 0.400. The lowest BCUT2D eigenvalue weighted by molar-refractivity contribution is -0.134. The Labute approximate surface area is 168 Å². The standard InChI is InChI=1S/C20H24N6O3/c1-25-11-10-22-20(25)16-13-21-9-12-26(16)18(27)8-7-17-23-19(24-29-17)14-3-5-15(28-2)6-4-14/h3-6,10-11,16,21H,7-9,12-13H2,1-2H3. The van der Waals surface area contributed by atoms with Crippen LogP contribution in [0.2, 0.25) is 0 Å². The Bertz CT molecular complexity index is 965. The van der Waals surface area contributed by atoms with Crippen molar-refractivity contribution in [1.29, 1.82) is 0 Å². The summed E-state index contributed by atoms with van der Waals surface area (Å²) in [7, 11) is 3.56. The molecule has 152 valence electrons. The number of imidazole rings is 1. The van der Waals surface area contributed by atoms with Crippen molar-refractivity contribution in [3.8, 4) is 17.1 Å². The zero-order chi connectivity index (χ0) is 20.2. The number of methoxy groups -OCH3 is 1. The van der Waals surface area contributed by atoms with Crippen LogP contribution in [0.1, 0.15) is 24.2 Å². The van der Waals surface area contributed by atoms with Crippen LogP contribution < -0.4 is 10.1 Å². The van der Waals surface area contributed by atoms with Crippen LogP contribution in [0.4, 0.5) is 0 Å². The van der Waals surface area contributed by atoms with Crippen molar-refractivity contribution in [2.24, 2.45) is 7.05 Å². The molecule has 1 unspecified atom stereocenters. The van der Waals surface area contributed by atoms with Crippen LogP contribution in [0.15, 0.2) is 41.2 Å². The smallest absolute Gasteiger partial charge is 0.227 e. The number of aromatic nitrogens is 4. The molecule has 9 heteroatoms. The first kappa shape index (κ1) is 19.1. The monoisotopic (exact) mass is 396 g/mol. The lowest BCUT2D eigenvalue weighted by Gasteiger charge is -2.35. The minimum Gasteiger partial charge on any atom is -0.497 e. The number of ether oxygens (including phenoxy) is 1. The van der Waals surface area contributed by atoms with Gasteiger partial charge < -0.3 is 24.0 Å². The molecule has 1 saturated heterocycles. The number of nitrogens with one attached hydrogen (secondary N) is 1. The Kier molecular flexibility index (Phi) is 5.57. The Balaban J connectivity index is 1.40. The van der Waals surface area contributed by atoms with Crippen molar-refractivity contribution < 1.29 is 14.1 Å². The summed E-state index contributed by atoms with van der Waals surface area (Å²) in [4.78, 5) is 23.6. The Hall–Kier alpha value is -3.20. The highest BCUT2D eigenvalue weighted by molar-refractivity contribution is 5.77. The lowest BCUT2D eigenvalue weighted by atomic mass is 10.1. The molecule has 0 saturated carbocycles. The number of aryl methyl sites for hydroxylation is 2. The summed E-state index contributed by atoms with van der Waals surface area (Å²) in [6.45, 7) is 2.12. The van der Waals surface area contributed by atoms with Gasteiger partial charge in [0.25, 0.3) is 0 Å². The van der Waals surface area contributed by atoms with E-state index in [9.17, 15) is 4.79 Å². The van der Waals surface area contributed by atoms with E-state index in [0.717, 1.165) is 23.7 Å². The number of carbonyl (C=O) groups excluding carboxylic acids is 1. The minimum atomic E-state index is -0.0752. The van der Waals surface area contributed by atoms with Crippen molar-refractivity contribution >= 4 is 5.91 Å². The predicted molar refractivity (Wildman–Crippen MR) is 105 cm³/mol. The number of nitrogens with zero attached hydrogens (tertiary/aromatic N) is 5. The van der Waals surface area contributed by atoms with Crippen LogP contribution in [0.25, 0.3) is 11.4 Å². The SMILES string of the molecule is COc1ccc(-c2noc(CCC(=O)N3CCNCC3c3nccn3C)n2)cc1. The van der Waals surface area contributed by atoms with E-state index in [1.54, 1.807) is 13.3 Å². The molecule has 9 nitrogen and oxygen atoms in total. The summed E-state index contributed by atoms with van der Waals surface area (Å²) >= 11 is 0. The predicted octanol–water partition coefficient (Wildman–Crippen LogP) is 1.58. The van der Waals surface area contributed by atoms with E-state index in [2.05, 4.69) is 20.4 Å². The van der Waals surface area contributed by atoms with Crippen molar-refractivity contribution in [2.75, 3.05) is 26.7 Å². The first-order chi connectivity index (χ1) is 14.2. The van der Waals surface area contributed by atoms with Crippen LogP contribution in [0.5, 0.6) is 5.75 Å². The first-order valence-electron chi connectivity index (χ1n) is 9.60. The zero-order valence-corrected chi connectivity index (χ0v) is 16.5. The Morgan fingerprint density at radius 1 is 1.34 bits per heavy atom. The zero-order valence-electron chi connectivity index (χ0n) is 16.5. The summed E-state index contributed by atoms with van der Waals surface area (Å²) in [6, 6.07) is 7.36. The number of amides is 1. The van der Waals surface area contributed by atoms with E-state index >= 15 is 0 Å². The second-order valence-electron chi connectivity index (χ2n) is 6.94. The quantitative estimate of drug-likeness (QED) is 0.675. The van der Waals surface area contributed by atoms with Crippen molar-refractivity contribution in [2.45, 2.75) is 18.9 Å². The van der Waals surface area contributed by atoms with Gasteiger partial charge in [0.2, 0.25) is 17.6 Å². The number of hydrogen-bond donors (Lipinski definition) is 1. The molecule has 1 fully saturated rings. The molecule has 1 amide bonds. The third-order valence-corrected chi connectivity index (χ3v) is 5.09. The van der Waals surface area contributed by atoms with Gasteiger partial charge in [-0.2, -0.15) is 4.98 Å². The molecule has 1 N–H and O–H groups in total. The van der Waals surface area contributed by atoms with Gasteiger partial charge >= 0.3 is 0 Å². The second kappa shape index (κ2) is 8.44. The van der Waals surface area contributed by atoms with Gasteiger partial charge in [0, 0.05) is 57.5 Å². The lowest BCUT2D eigenvalue weighted by Crippen LogP contribution is -2.49. The fourth-order valence-corrected chi connectivity index (χ4v) is 3.50. The van der Waals surface area contributed by atoms with Gasteiger partial charge in [0.15, 0.2) is 0 Å². The molecule has 1 aliphatic heterocycles. The molecule has 2 aromatic heterocycles. The molecule has 4 rings (SSSR count). The summed E-state index contributed by atoms with van der Waals surface area (Å²) in [6.07, 6.45) is 4.36. The van der Waals surface area contributed by atoms with Gasteiger partial charge in [0.1, 0.15) is 17.6 Å². The fourth-order valence-electron chi connectivity index (χ4n) is 3.50. The molecule has 1 atom stereocenters. The van der Waals surface area contributed by atoms with Gasteiger partial charge in [-0.05, 0) is 24.3 Å². The number of carbonyl (C=O) groups is 1. The molecule has 0 radical (unpaired) electrons. The third kappa shape index (κ3) is 4.14. The molecule has 3 heterocycles. The molecular formula is C20H24N6O3. The highest BCUT2D eigenvalue weighted by Gasteiger charge is 2.30. The maximum Gasteiger partial charge on any atom is 0.227 e. The van der Waals surface area contributed by atoms with Crippen molar-refractivity contribution in [3.63, 3.8) is 0 Å². The maximum atomic E-state index is 12.9. The summed E-state index contributed by atoms with van der Waals surface area (Å²) in [5, 5.41) is 7.37. The van der Waals surface area contributed by atoms with Gasteiger partial charge in [-0.15, -0.1) is 0 Å². The summed E-state index contributed by atoms with van der Waals surface area (Å²) in [5.74, 6) is 2.66. The summed E-state index contributed by atoms with van der Waals surface area (Å²) < 4.78 is 12.5. The summed E-state index contributed by atoms with van der Waals surface area (Å²) in [5.41, 5.74) is 0.837. The largest absolute Gasteiger partial charge is 0.497 e. The molecule has 0 spiro atoms. The molecule has 29 heavy (non-hydrogen) atoms. The van der Waals surface area contributed by atoms with Gasteiger partial charge in [0.05, 0.1) is 7.11 Å². The van der Waals surface area contributed by atoms with Gasteiger partial charge in [-0.3, -0.25) is 4.79 Å². The number of benzene rings is 1. The van der Waals surface area contributed by atoms with Crippen LogP contribution >= 0.6 is 0 Å². The highest BCUT2D eigenvalue weighted by Crippen LogP contribution is 2.23. The molecule has 1 aromatic carbocycles. The Morgan fingerprint density at radius 2 is 2.17 bits per heavy atom. The molecule has 0 bridgehead atoms. The molecule has 3 aromatic rings. The topological polar surface area (TPSA) is 98.3 Å². The second-order valence-corrected chi connectivity index (χ2v) is 6.94. The number of hydrogen-bond acceptors (Lipinski definition) is 7. The molecule has 0 aliphatic carbocycles. The molecule has 1 aliphatic rings. The molecular weight excluding hydrogens is 372 g/mol. The van der Waals surface area contributed by atoms with Crippen LogP contribution in [-0.4, -0.2) is 57.2 Å². The van der Waals surface area contributed by atoms with E-state index in [1.165, 1.54) is 0 Å². The average molecular weight is 396 g/mol. The first-order valence-corrected chi connectivity index (χ1v) is 9.60. The minimum absolute atomic E-state index is 0.0590. The van der Waals surface area contributed by atoms with E-state index in [1.807, 2.05) is 47.0 Å². The van der Waals surface area contributed by atoms with Gasteiger partial charge in [-0.1, -0.05) is 5.16 Å². The van der Waals surface area contributed by atoms with E-state index in [-0.39, 0.29) is 11.9 Å². The normalized spacial score (nSPS) is 16.8. The van der Waals surface area contributed by atoms with Gasteiger partial charge in [-0.25, -0.2) is 4.98 Å².